The Balaban J connectivity index is 1.23. The number of carbonyl (C=O) groups excluding carboxylic acids is 2. The lowest BCUT2D eigenvalue weighted by Crippen LogP contribution is -2.40. The SMILES string of the molecule is CCNC(=O)C(c1ccccc1)C1CCN(c2ccc(CC(=O)c3ccccc3-c3cccc(N)c3)cc2)CC1. The second kappa shape index (κ2) is 12.6. The Morgan fingerprint density at radius 1 is 0.875 bits per heavy atom. The van der Waals surface area contributed by atoms with Crippen molar-refractivity contribution in [3.8, 4) is 11.1 Å². The van der Waals surface area contributed by atoms with Crippen LogP contribution in [0.5, 0.6) is 0 Å². The van der Waals surface area contributed by atoms with E-state index in [4.69, 9.17) is 5.73 Å². The fraction of sp³-hybridized carbons (Fsp3) is 0.257. The molecule has 1 unspecified atom stereocenters. The molecule has 5 rings (SSSR count). The van der Waals surface area contributed by atoms with Gasteiger partial charge in [-0.2, -0.15) is 0 Å². The molecular weight excluding hydrogens is 494 g/mol. The van der Waals surface area contributed by atoms with Crippen LogP contribution in [-0.2, 0) is 11.2 Å². The third-order valence-electron chi connectivity index (χ3n) is 7.89. The van der Waals surface area contributed by atoms with Crippen LogP contribution < -0.4 is 16.0 Å². The summed E-state index contributed by atoms with van der Waals surface area (Å²) >= 11 is 0. The van der Waals surface area contributed by atoms with Gasteiger partial charge in [0.25, 0.3) is 0 Å². The molecule has 4 aromatic carbocycles. The molecule has 5 heteroatoms. The number of nitrogens with zero attached hydrogens (tertiary/aromatic N) is 1. The number of benzene rings is 4. The van der Waals surface area contributed by atoms with E-state index >= 15 is 0 Å². The predicted octanol–water partition coefficient (Wildman–Crippen LogP) is 6.50. The number of anilines is 2. The molecule has 0 spiro atoms. The quantitative estimate of drug-likeness (QED) is 0.191. The minimum absolute atomic E-state index is 0.0869. The van der Waals surface area contributed by atoms with Gasteiger partial charge in [-0.15, -0.1) is 0 Å². The summed E-state index contributed by atoms with van der Waals surface area (Å²) in [5.41, 5.74) is 12.5. The van der Waals surface area contributed by atoms with E-state index in [2.05, 4.69) is 46.6 Å². The van der Waals surface area contributed by atoms with Crippen molar-refractivity contribution in [1.29, 1.82) is 0 Å². The van der Waals surface area contributed by atoms with Crippen LogP contribution in [0.4, 0.5) is 11.4 Å². The Kier molecular flexibility index (Phi) is 8.60. The van der Waals surface area contributed by atoms with Gasteiger partial charge in [0.05, 0.1) is 5.92 Å². The Labute approximate surface area is 237 Å². The van der Waals surface area contributed by atoms with E-state index in [0.29, 0.717) is 30.1 Å². The van der Waals surface area contributed by atoms with Crippen LogP contribution in [0.1, 0.15) is 47.2 Å². The second-order valence-electron chi connectivity index (χ2n) is 10.5. The number of rotatable bonds is 9. The zero-order chi connectivity index (χ0) is 27.9. The lowest BCUT2D eigenvalue weighted by atomic mass is 9.79. The van der Waals surface area contributed by atoms with Crippen LogP contribution in [-0.4, -0.2) is 31.3 Å². The zero-order valence-electron chi connectivity index (χ0n) is 23.1. The molecule has 1 aliphatic rings. The monoisotopic (exact) mass is 531 g/mol. The summed E-state index contributed by atoms with van der Waals surface area (Å²) in [4.78, 5) is 28.7. The molecule has 5 nitrogen and oxygen atoms in total. The molecule has 40 heavy (non-hydrogen) atoms. The highest BCUT2D eigenvalue weighted by molar-refractivity contribution is 6.03. The fourth-order valence-corrected chi connectivity index (χ4v) is 5.86. The van der Waals surface area contributed by atoms with Crippen molar-refractivity contribution < 1.29 is 9.59 Å². The number of carbonyl (C=O) groups is 2. The molecule has 0 aromatic heterocycles. The van der Waals surface area contributed by atoms with Crippen molar-refractivity contribution in [1.82, 2.24) is 5.32 Å². The van der Waals surface area contributed by atoms with Gasteiger partial charge < -0.3 is 16.0 Å². The van der Waals surface area contributed by atoms with Crippen molar-refractivity contribution in [3.63, 3.8) is 0 Å². The Hall–Kier alpha value is -4.38. The number of nitrogen functional groups attached to an aromatic ring is 1. The summed E-state index contributed by atoms with van der Waals surface area (Å²) in [6, 6.07) is 33.9. The number of nitrogens with one attached hydrogen (secondary N) is 1. The molecule has 0 radical (unpaired) electrons. The molecular formula is C35H37N3O2. The lowest BCUT2D eigenvalue weighted by Gasteiger charge is -2.37. The molecule has 1 fully saturated rings. The van der Waals surface area contributed by atoms with E-state index in [1.54, 1.807) is 0 Å². The van der Waals surface area contributed by atoms with E-state index in [9.17, 15) is 9.59 Å². The van der Waals surface area contributed by atoms with E-state index in [-0.39, 0.29) is 17.6 Å². The first-order chi connectivity index (χ1) is 19.5. The number of ketones is 1. The molecule has 3 N–H and O–H groups in total. The normalized spacial score (nSPS) is 14.5. The number of likely N-dealkylation sites (N-methyl/N-ethyl adjacent to an activating group) is 1. The van der Waals surface area contributed by atoms with E-state index in [1.165, 1.54) is 0 Å². The molecule has 1 saturated heterocycles. The highest BCUT2D eigenvalue weighted by Gasteiger charge is 2.32. The minimum atomic E-state index is -0.119. The predicted molar refractivity (Wildman–Crippen MR) is 164 cm³/mol. The summed E-state index contributed by atoms with van der Waals surface area (Å²) in [6.45, 7) is 4.42. The van der Waals surface area contributed by atoms with Crippen molar-refractivity contribution in [2.75, 3.05) is 30.3 Å². The summed E-state index contributed by atoms with van der Waals surface area (Å²) in [7, 11) is 0. The molecule has 0 saturated carbocycles. The molecule has 0 aliphatic carbocycles. The minimum Gasteiger partial charge on any atom is -0.399 e. The number of hydrogen-bond donors (Lipinski definition) is 2. The van der Waals surface area contributed by atoms with Gasteiger partial charge in [-0.05, 0) is 72.2 Å². The third-order valence-corrected chi connectivity index (χ3v) is 7.89. The van der Waals surface area contributed by atoms with Crippen LogP contribution in [0.15, 0.2) is 103 Å². The Morgan fingerprint density at radius 2 is 1.57 bits per heavy atom. The van der Waals surface area contributed by atoms with Gasteiger partial charge >= 0.3 is 0 Å². The molecule has 1 aliphatic heterocycles. The molecule has 1 heterocycles. The van der Waals surface area contributed by atoms with Crippen molar-refractivity contribution in [3.05, 3.63) is 120 Å². The summed E-state index contributed by atoms with van der Waals surface area (Å²) in [5, 5.41) is 3.05. The van der Waals surface area contributed by atoms with Gasteiger partial charge in [0.2, 0.25) is 5.91 Å². The van der Waals surface area contributed by atoms with Crippen LogP contribution in [0.25, 0.3) is 11.1 Å². The highest BCUT2D eigenvalue weighted by Crippen LogP contribution is 2.35. The average molecular weight is 532 g/mol. The fourth-order valence-electron chi connectivity index (χ4n) is 5.86. The van der Waals surface area contributed by atoms with E-state index < -0.39 is 0 Å². The molecule has 4 aromatic rings. The molecule has 204 valence electrons. The van der Waals surface area contributed by atoms with Crippen LogP contribution in [0.2, 0.25) is 0 Å². The summed E-state index contributed by atoms with van der Waals surface area (Å²) < 4.78 is 0. The topological polar surface area (TPSA) is 75.4 Å². The molecule has 0 bridgehead atoms. The van der Waals surface area contributed by atoms with Crippen LogP contribution in [0.3, 0.4) is 0 Å². The molecule has 1 atom stereocenters. The van der Waals surface area contributed by atoms with Gasteiger partial charge in [-0.1, -0.05) is 78.9 Å². The first-order valence-corrected chi connectivity index (χ1v) is 14.2. The zero-order valence-corrected chi connectivity index (χ0v) is 23.1. The number of piperidine rings is 1. The first-order valence-electron chi connectivity index (χ1n) is 14.2. The highest BCUT2D eigenvalue weighted by atomic mass is 16.2. The summed E-state index contributed by atoms with van der Waals surface area (Å²) in [5.74, 6) is 0.399. The third kappa shape index (κ3) is 6.26. The van der Waals surface area contributed by atoms with E-state index in [1.807, 2.05) is 73.7 Å². The maximum atomic E-state index is 13.3. The number of amides is 1. The largest absolute Gasteiger partial charge is 0.399 e. The van der Waals surface area contributed by atoms with Gasteiger partial charge in [0.1, 0.15) is 0 Å². The maximum absolute atomic E-state index is 13.3. The van der Waals surface area contributed by atoms with Crippen LogP contribution >= 0.6 is 0 Å². The van der Waals surface area contributed by atoms with Crippen LogP contribution in [0, 0.1) is 5.92 Å². The van der Waals surface area contributed by atoms with Crippen molar-refractivity contribution >= 4 is 23.1 Å². The Bertz CT molecular complexity index is 1440. The number of nitrogens with two attached hydrogens (primary N) is 1. The maximum Gasteiger partial charge on any atom is 0.227 e. The average Bonchev–Trinajstić information content (AvgIpc) is 2.99. The van der Waals surface area contributed by atoms with Crippen molar-refractivity contribution in [2.24, 2.45) is 5.92 Å². The number of hydrogen-bond acceptors (Lipinski definition) is 4. The number of Topliss-reactive ketones (excluding diaryl/α,β-unsaturated/α-hetero) is 1. The van der Waals surface area contributed by atoms with E-state index in [0.717, 1.165) is 53.9 Å². The van der Waals surface area contributed by atoms with Gasteiger partial charge in [0, 0.05) is 43.0 Å². The van der Waals surface area contributed by atoms with Gasteiger partial charge in [0.15, 0.2) is 5.78 Å². The molecule has 1 amide bonds. The Morgan fingerprint density at radius 3 is 2.27 bits per heavy atom. The van der Waals surface area contributed by atoms with Gasteiger partial charge in [-0.25, -0.2) is 0 Å². The van der Waals surface area contributed by atoms with Crippen molar-refractivity contribution in [2.45, 2.75) is 32.1 Å². The lowest BCUT2D eigenvalue weighted by molar-refractivity contribution is -0.123. The summed E-state index contributed by atoms with van der Waals surface area (Å²) in [6.07, 6.45) is 2.25. The smallest absolute Gasteiger partial charge is 0.227 e. The first kappa shape index (κ1) is 27.2. The second-order valence-corrected chi connectivity index (χ2v) is 10.5. The standard InChI is InChI=1S/C35H37N3O2/c1-2-37-35(40)34(26-9-4-3-5-10-26)27-19-21-38(22-20-27)30-17-15-25(16-18-30)23-33(39)32-14-7-6-13-31(32)28-11-8-12-29(36)24-28/h3-18,24,27,34H,2,19-23,36H2,1H3,(H,37,40). The van der Waals surface area contributed by atoms with Gasteiger partial charge in [-0.3, -0.25) is 9.59 Å².